The van der Waals surface area contributed by atoms with Gasteiger partial charge in [0.05, 0.1) is 18.2 Å². The molecule has 2 N–H and O–H groups in total. The van der Waals surface area contributed by atoms with Crippen molar-refractivity contribution in [2.45, 2.75) is 24.3 Å². The number of ether oxygens (including phenoxy) is 1. The molecule has 0 radical (unpaired) electrons. The lowest BCUT2D eigenvalue weighted by atomic mass is 10.2. The van der Waals surface area contributed by atoms with Gasteiger partial charge in [0, 0.05) is 11.5 Å². The minimum atomic E-state index is -0.361. The first kappa shape index (κ1) is 15.0. The highest BCUT2D eigenvalue weighted by Crippen LogP contribution is 2.29. The van der Waals surface area contributed by atoms with Gasteiger partial charge in [-0.2, -0.15) is 4.98 Å². The monoisotopic (exact) mass is 293 g/mol. The van der Waals surface area contributed by atoms with Crippen LogP contribution in [0.15, 0.2) is 33.7 Å². The third-order valence-corrected chi connectivity index (χ3v) is 3.55. The van der Waals surface area contributed by atoms with Crippen LogP contribution in [0.2, 0.25) is 0 Å². The van der Waals surface area contributed by atoms with Crippen molar-refractivity contribution in [1.82, 2.24) is 10.1 Å². The number of hydrogen-bond donors (Lipinski definition) is 1. The van der Waals surface area contributed by atoms with E-state index >= 15 is 0 Å². The van der Waals surface area contributed by atoms with Crippen LogP contribution in [0.25, 0.3) is 11.5 Å². The largest absolute Gasteiger partial charge is 0.379 e. The van der Waals surface area contributed by atoms with Crippen molar-refractivity contribution in [3.63, 3.8) is 0 Å². The molecule has 20 heavy (non-hydrogen) atoms. The van der Waals surface area contributed by atoms with Crippen molar-refractivity contribution in [3.8, 4) is 11.5 Å². The first-order valence-corrected chi connectivity index (χ1v) is 7.79. The van der Waals surface area contributed by atoms with E-state index in [1.807, 2.05) is 30.5 Å². The van der Waals surface area contributed by atoms with Gasteiger partial charge >= 0.3 is 0 Å². The molecule has 0 saturated carbocycles. The van der Waals surface area contributed by atoms with E-state index in [0.29, 0.717) is 24.9 Å². The molecular formula is C14H19N3O2S. The van der Waals surface area contributed by atoms with Crippen LogP contribution in [0.5, 0.6) is 0 Å². The number of benzene rings is 1. The summed E-state index contributed by atoms with van der Waals surface area (Å²) in [6, 6.07) is 7.55. The van der Waals surface area contributed by atoms with Crippen LogP contribution in [0.4, 0.5) is 0 Å². The van der Waals surface area contributed by atoms with E-state index in [1.165, 1.54) is 0 Å². The summed E-state index contributed by atoms with van der Waals surface area (Å²) in [6.45, 7) is 3.14. The van der Waals surface area contributed by atoms with Gasteiger partial charge in [-0.1, -0.05) is 24.2 Å². The van der Waals surface area contributed by atoms with Crippen molar-refractivity contribution in [2.75, 3.05) is 19.5 Å². The third-order valence-electron chi connectivity index (χ3n) is 2.76. The van der Waals surface area contributed by atoms with Gasteiger partial charge in [-0.05, 0) is 24.8 Å². The molecule has 2 rings (SSSR count). The second kappa shape index (κ2) is 7.42. The van der Waals surface area contributed by atoms with Crippen molar-refractivity contribution >= 4 is 11.8 Å². The van der Waals surface area contributed by atoms with E-state index in [1.54, 1.807) is 11.8 Å². The number of aromatic nitrogens is 2. The molecule has 0 spiro atoms. The van der Waals surface area contributed by atoms with Crippen molar-refractivity contribution in [1.29, 1.82) is 0 Å². The SMILES string of the molecule is CCCOCC(N)c1noc(-c2ccccc2SC)n1. The van der Waals surface area contributed by atoms with Gasteiger partial charge in [-0.25, -0.2) is 0 Å². The molecule has 6 heteroatoms. The summed E-state index contributed by atoms with van der Waals surface area (Å²) < 4.78 is 10.7. The van der Waals surface area contributed by atoms with Gasteiger partial charge in [0.15, 0.2) is 5.82 Å². The molecule has 1 heterocycles. The zero-order valence-electron chi connectivity index (χ0n) is 11.7. The molecular weight excluding hydrogens is 274 g/mol. The fraction of sp³-hybridized carbons (Fsp3) is 0.429. The van der Waals surface area contributed by atoms with Crippen molar-refractivity contribution < 1.29 is 9.26 Å². The maximum atomic E-state index is 5.98. The molecule has 5 nitrogen and oxygen atoms in total. The number of nitrogens with zero attached hydrogens (tertiary/aromatic N) is 2. The summed E-state index contributed by atoms with van der Waals surface area (Å²) in [5.41, 5.74) is 6.91. The molecule has 108 valence electrons. The molecule has 0 aliphatic heterocycles. The molecule has 1 aromatic heterocycles. The normalized spacial score (nSPS) is 12.6. The molecule has 0 fully saturated rings. The average Bonchev–Trinajstić information content (AvgIpc) is 2.97. The number of thioether (sulfide) groups is 1. The molecule has 0 saturated heterocycles. The van der Waals surface area contributed by atoms with Gasteiger partial charge in [0.2, 0.25) is 0 Å². The van der Waals surface area contributed by atoms with Gasteiger partial charge in [0.1, 0.15) is 0 Å². The van der Waals surface area contributed by atoms with Gasteiger partial charge in [-0.15, -0.1) is 11.8 Å². The third kappa shape index (κ3) is 3.59. The van der Waals surface area contributed by atoms with E-state index in [2.05, 4.69) is 17.1 Å². The Morgan fingerprint density at radius 2 is 2.20 bits per heavy atom. The molecule has 2 aromatic rings. The maximum Gasteiger partial charge on any atom is 0.259 e. The highest BCUT2D eigenvalue weighted by Gasteiger charge is 2.17. The van der Waals surface area contributed by atoms with E-state index < -0.39 is 0 Å². The molecule has 0 bridgehead atoms. The first-order valence-electron chi connectivity index (χ1n) is 6.56. The van der Waals surface area contributed by atoms with Crippen LogP contribution in [-0.4, -0.2) is 29.6 Å². The molecule has 1 aromatic carbocycles. The minimum absolute atomic E-state index is 0.361. The van der Waals surface area contributed by atoms with E-state index in [9.17, 15) is 0 Å². The highest BCUT2D eigenvalue weighted by atomic mass is 32.2. The zero-order chi connectivity index (χ0) is 14.4. The lowest BCUT2D eigenvalue weighted by Crippen LogP contribution is -2.18. The zero-order valence-corrected chi connectivity index (χ0v) is 12.5. The molecule has 1 atom stereocenters. The van der Waals surface area contributed by atoms with Crippen LogP contribution in [0.1, 0.15) is 25.2 Å². The maximum absolute atomic E-state index is 5.98. The Hall–Kier alpha value is -1.37. The van der Waals surface area contributed by atoms with Crippen LogP contribution in [0, 0.1) is 0 Å². The van der Waals surface area contributed by atoms with E-state index in [4.69, 9.17) is 15.0 Å². The summed E-state index contributed by atoms with van der Waals surface area (Å²) in [4.78, 5) is 5.47. The summed E-state index contributed by atoms with van der Waals surface area (Å²) in [5.74, 6) is 0.975. The second-order valence-corrected chi connectivity index (χ2v) is 5.19. The molecule has 0 amide bonds. The topological polar surface area (TPSA) is 74.2 Å². The minimum Gasteiger partial charge on any atom is -0.379 e. The van der Waals surface area contributed by atoms with Crippen LogP contribution >= 0.6 is 11.8 Å². The fourth-order valence-corrected chi connectivity index (χ4v) is 2.34. The molecule has 1 unspecified atom stereocenters. The van der Waals surface area contributed by atoms with Crippen LogP contribution in [0.3, 0.4) is 0 Å². The Morgan fingerprint density at radius 1 is 1.40 bits per heavy atom. The predicted octanol–water partition coefficient (Wildman–Crippen LogP) is 2.88. The summed E-state index contributed by atoms with van der Waals surface area (Å²) in [5, 5.41) is 3.95. The predicted molar refractivity (Wildman–Crippen MR) is 79.6 cm³/mol. The van der Waals surface area contributed by atoms with E-state index in [-0.39, 0.29) is 6.04 Å². The Morgan fingerprint density at radius 3 is 2.95 bits per heavy atom. The van der Waals surface area contributed by atoms with Crippen LogP contribution < -0.4 is 5.73 Å². The Bertz CT molecular complexity index is 545. The smallest absolute Gasteiger partial charge is 0.259 e. The van der Waals surface area contributed by atoms with Crippen LogP contribution in [-0.2, 0) is 4.74 Å². The van der Waals surface area contributed by atoms with Gasteiger partial charge < -0.3 is 15.0 Å². The number of nitrogens with two attached hydrogens (primary N) is 1. The summed E-state index contributed by atoms with van der Waals surface area (Å²) >= 11 is 1.64. The first-order chi connectivity index (χ1) is 9.76. The standard InChI is InChI=1S/C14H19N3O2S/c1-3-8-18-9-11(15)13-16-14(19-17-13)10-6-4-5-7-12(10)20-2/h4-7,11H,3,8-9,15H2,1-2H3. The summed E-state index contributed by atoms with van der Waals surface area (Å²) in [7, 11) is 0. The van der Waals surface area contributed by atoms with Crippen molar-refractivity contribution in [2.24, 2.45) is 5.73 Å². The quantitative estimate of drug-likeness (QED) is 0.625. The number of rotatable bonds is 7. The van der Waals surface area contributed by atoms with Gasteiger partial charge in [-0.3, -0.25) is 0 Å². The molecule has 0 aliphatic rings. The Labute approximate surface area is 122 Å². The Balaban J connectivity index is 2.12. The summed E-state index contributed by atoms with van der Waals surface area (Å²) in [6.07, 6.45) is 2.98. The highest BCUT2D eigenvalue weighted by molar-refractivity contribution is 7.98. The number of hydrogen-bond acceptors (Lipinski definition) is 6. The van der Waals surface area contributed by atoms with Crippen molar-refractivity contribution in [3.05, 3.63) is 30.1 Å². The second-order valence-electron chi connectivity index (χ2n) is 4.34. The fourth-order valence-electron chi connectivity index (χ4n) is 1.75. The lowest BCUT2D eigenvalue weighted by molar-refractivity contribution is 0.119. The average molecular weight is 293 g/mol. The van der Waals surface area contributed by atoms with E-state index in [0.717, 1.165) is 16.9 Å². The lowest BCUT2D eigenvalue weighted by Gasteiger charge is -2.06. The molecule has 0 aliphatic carbocycles. The van der Waals surface area contributed by atoms with Gasteiger partial charge in [0.25, 0.3) is 5.89 Å². The Kier molecular flexibility index (Phi) is 5.58.